The molecule has 0 bridgehead atoms. The zero-order valence-electron chi connectivity index (χ0n) is 6.57. The Bertz CT molecular complexity index is 391. The van der Waals surface area contributed by atoms with Crippen LogP contribution >= 0.6 is 0 Å². The Kier molecular flexibility index (Phi) is 2.91. The average Bonchev–Trinajstić information content (AvgIpc) is 2.16. The molecule has 0 fully saturated rings. The molecular weight excluding hydrogens is 171 g/mol. The van der Waals surface area contributed by atoms with E-state index in [0.717, 1.165) is 0 Å². The Morgan fingerprint density at radius 1 is 1.46 bits per heavy atom. The molecule has 0 radical (unpaired) electrons. The van der Waals surface area contributed by atoms with Crippen molar-refractivity contribution in [1.82, 2.24) is 0 Å². The van der Waals surface area contributed by atoms with Crippen LogP contribution in [0, 0.1) is 17.1 Å². The van der Waals surface area contributed by atoms with Crippen LogP contribution in [0.4, 0.5) is 4.39 Å². The second-order valence-corrected chi connectivity index (χ2v) is 2.27. The van der Waals surface area contributed by atoms with Crippen molar-refractivity contribution >= 4 is 6.08 Å². The summed E-state index contributed by atoms with van der Waals surface area (Å²) in [7, 11) is 0. The van der Waals surface area contributed by atoms with E-state index in [-0.39, 0.29) is 5.56 Å². The van der Waals surface area contributed by atoms with Crippen molar-refractivity contribution in [2.45, 2.75) is 6.04 Å². The molecule has 0 saturated carbocycles. The number of halogens is 1. The van der Waals surface area contributed by atoms with Crippen molar-refractivity contribution in [3.63, 3.8) is 0 Å². The summed E-state index contributed by atoms with van der Waals surface area (Å²) >= 11 is 0. The number of nitrogens with zero attached hydrogens (tertiary/aromatic N) is 2. The summed E-state index contributed by atoms with van der Waals surface area (Å²) in [5.41, 5.74) is 0.0911. The molecule has 0 heterocycles. The van der Waals surface area contributed by atoms with E-state index in [1.165, 1.54) is 24.3 Å². The maximum absolute atomic E-state index is 13.0. The Labute approximate surface area is 74.1 Å². The van der Waals surface area contributed by atoms with Gasteiger partial charge in [0.05, 0.1) is 6.07 Å². The van der Waals surface area contributed by atoms with Gasteiger partial charge in [0.1, 0.15) is 5.82 Å². The van der Waals surface area contributed by atoms with Gasteiger partial charge in [0, 0.05) is 5.56 Å². The van der Waals surface area contributed by atoms with Crippen LogP contribution in [0.3, 0.4) is 0 Å². The Hall–Kier alpha value is -1.98. The lowest BCUT2D eigenvalue weighted by molar-refractivity contribution is 0.559. The molecule has 1 aromatic carbocycles. The minimum Gasteiger partial charge on any atom is -0.211 e. The molecule has 0 aromatic heterocycles. The Balaban J connectivity index is 3.13. The van der Waals surface area contributed by atoms with Crippen molar-refractivity contribution in [3.8, 4) is 6.07 Å². The molecule has 1 atom stereocenters. The molecule has 0 amide bonds. The highest BCUT2D eigenvalue weighted by Crippen LogP contribution is 2.18. The molecule has 1 unspecified atom stereocenters. The Morgan fingerprint density at radius 3 is 2.69 bits per heavy atom. The van der Waals surface area contributed by atoms with E-state index >= 15 is 0 Å². The first-order chi connectivity index (χ1) is 6.29. The fourth-order valence-electron chi connectivity index (χ4n) is 0.918. The summed E-state index contributed by atoms with van der Waals surface area (Å²) in [6.07, 6.45) is 1.23. The van der Waals surface area contributed by atoms with Gasteiger partial charge < -0.3 is 0 Å². The molecule has 4 heteroatoms. The van der Waals surface area contributed by atoms with Crippen molar-refractivity contribution in [1.29, 1.82) is 5.26 Å². The van der Waals surface area contributed by atoms with Gasteiger partial charge in [-0.1, -0.05) is 18.2 Å². The van der Waals surface area contributed by atoms with Crippen LogP contribution in [0.1, 0.15) is 11.6 Å². The first-order valence-electron chi connectivity index (χ1n) is 3.50. The van der Waals surface area contributed by atoms with E-state index < -0.39 is 11.9 Å². The van der Waals surface area contributed by atoms with Crippen LogP contribution < -0.4 is 0 Å². The Morgan fingerprint density at radius 2 is 2.15 bits per heavy atom. The molecule has 0 N–H and O–H groups in total. The van der Waals surface area contributed by atoms with Crippen LogP contribution in [0.15, 0.2) is 29.3 Å². The lowest BCUT2D eigenvalue weighted by atomic mass is 10.1. The third-order valence-electron chi connectivity index (χ3n) is 1.50. The predicted molar refractivity (Wildman–Crippen MR) is 42.9 cm³/mol. The summed E-state index contributed by atoms with van der Waals surface area (Å²) in [5, 5.41) is 8.55. The minimum absolute atomic E-state index is 0.0911. The summed E-state index contributed by atoms with van der Waals surface area (Å²) in [5.74, 6) is -0.548. The molecular formula is C9H5FN2O. The van der Waals surface area contributed by atoms with E-state index in [4.69, 9.17) is 5.26 Å². The van der Waals surface area contributed by atoms with Gasteiger partial charge in [-0.2, -0.15) is 10.3 Å². The first kappa shape index (κ1) is 9.11. The lowest BCUT2D eigenvalue weighted by Crippen LogP contribution is -1.95. The zero-order valence-corrected chi connectivity index (χ0v) is 6.57. The van der Waals surface area contributed by atoms with Gasteiger partial charge >= 0.3 is 0 Å². The third kappa shape index (κ3) is 1.98. The van der Waals surface area contributed by atoms with Gasteiger partial charge in [-0.05, 0) is 6.07 Å². The van der Waals surface area contributed by atoms with E-state index in [2.05, 4.69) is 4.99 Å². The average molecular weight is 176 g/mol. The molecule has 0 aliphatic heterocycles. The van der Waals surface area contributed by atoms with Crippen LogP contribution in [0.5, 0.6) is 0 Å². The smallest absolute Gasteiger partial charge is 0.211 e. The SMILES string of the molecule is N#CC(N=C=O)c1ccccc1F. The predicted octanol–water partition coefficient (Wildman–Crippen LogP) is 1.73. The highest BCUT2D eigenvalue weighted by atomic mass is 19.1. The lowest BCUT2D eigenvalue weighted by Gasteiger charge is -2.01. The maximum Gasteiger partial charge on any atom is 0.236 e. The van der Waals surface area contributed by atoms with Gasteiger partial charge in [0.2, 0.25) is 6.08 Å². The molecule has 13 heavy (non-hydrogen) atoms. The second-order valence-electron chi connectivity index (χ2n) is 2.27. The summed E-state index contributed by atoms with van der Waals surface area (Å²) in [6, 6.07) is 6.28. The van der Waals surface area contributed by atoms with Gasteiger partial charge in [0.25, 0.3) is 0 Å². The fourth-order valence-corrected chi connectivity index (χ4v) is 0.918. The standard InChI is InChI=1S/C9H5FN2O/c10-8-4-2-1-3-7(8)9(5-11)12-6-13/h1-4,9H. The number of carbonyl (C=O) groups excluding carboxylic acids is 1. The van der Waals surface area contributed by atoms with E-state index in [1.54, 1.807) is 12.1 Å². The molecule has 0 spiro atoms. The summed E-state index contributed by atoms with van der Waals surface area (Å²) in [6.45, 7) is 0. The van der Waals surface area contributed by atoms with Crippen LogP contribution in [-0.2, 0) is 4.79 Å². The van der Waals surface area contributed by atoms with Gasteiger partial charge in [0.15, 0.2) is 6.04 Å². The van der Waals surface area contributed by atoms with E-state index in [0.29, 0.717) is 0 Å². The van der Waals surface area contributed by atoms with Crippen molar-refractivity contribution in [3.05, 3.63) is 35.6 Å². The highest BCUT2D eigenvalue weighted by molar-refractivity contribution is 5.37. The largest absolute Gasteiger partial charge is 0.236 e. The number of benzene rings is 1. The number of hydrogen-bond donors (Lipinski definition) is 0. The van der Waals surface area contributed by atoms with Gasteiger partial charge in [-0.15, -0.1) is 0 Å². The normalized spacial score (nSPS) is 11.1. The number of rotatable bonds is 2. The highest BCUT2D eigenvalue weighted by Gasteiger charge is 2.12. The topological polar surface area (TPSA) is 53.2 Å². The molecule has 1 aromatic rings. The van der Waals surface area contributed by atoms with Crippen molar-refractivity contribution in [2.24, 2.45) is 4.99 Å². The zero-order chi connectivity index (χ0) is 9.68. The van der Waals surface area contributed by atoms with Crippen molar-refractivity contribution < 1.29 is 9.18 Å². The van der Waals surface area contributed by atoms with Crippen LogP contribution in [0.2, 0.25) is 0 Å². The van der Waals surface area contributed by atoms with Crippen LogP contribution in [0.25, 0.3) is 0 Å². The molecule has 0 aliphatic rings. The quantitative estimate of drug-likeness (QED) is 0.509. The molecule has 0 aliphatic carbocycles. The number of hydrogen-bond acceptors (Lipinski definition) is 3. The van der Waals surface area contributed by atoms with Crippen LogP contribution in [-0.4, -0.2) is 6.08 Å². The number of aliphatic imine (C=N–C) groups is 1. The number of isocyanates is 1. The van der Waals surface area contributed by atoms with E-state index in [1.807, 2.05) is 0 Å². The first-order valence-corrected chi connectivity index (χ1v) is 3.50. The summed E-state index contributed by atoms with van der Waals surface area (Å²) in [4.78, 5) is 13.1. The molecule has 0 saturated heterocycles. The molecule has 3 nitrogen and oxygen atoms in total. The number of nitriles is 1. The van der Waals surface area contributed by atoms with Gasteiger partial charge in [-0.3, -0.25) is 0 Å². The van der Waals surface area contributed by atoms with E-state index in [9.17, 15) is 9.18 Å². The minimum atomic E-state index is -1.10. The second kappa shape index (κ2) is 4.15. The fraction of sp³-hybridized carbons (Fsp3) is 0.111. The third-order valence-corrected chi connectivity index (χ3v) is 1.50. The summed E-state index contributed by atoms with van der Waals surface area (Å²) < 4.78 is 13.0. The maximum atomic E-state index is 13.0. The van der Waals surface area contributed by atoms with Crippen molar-refractivity contribution in [2.75, 3.05) is 0 Å². The molecule has 1 rings (SSSR count). The monoisotopic (exact) mass is 176 g/mol. The van der Waals surface area contributed by atoms with Gasteiger partial charge in [-0.25, -0.2) is 9.18 Å². The molecule has 64 valence electrons.